The van der Waals surface area contributed by atoms with E-state index in [2.05, 4.69) is 18.7 Å². The third-order valence-corrected chi connectivity index (χ3v) is 5.16. The van der Waals surface area contributed by atoms with Gasteiger partial charge < -0.3 is 10.0 Å². The maximum atomic E-state index is 11.3. The van der Waals surface area contributed by atoms with E-state index in [9.17, 15) is 9.90 Å². The van der Waals surface area contributed by atoms with Crippen LogP contribution in [-0.4, -0.2) is 35.2 Å². The first-order valence-electron chi connectivity index (χ1n) is 7.03. The number of rotatable bonds is 4. The molecule has 1 heterocycles. The SMILES string of the molecule is Cc1ccc(N(CC(=O)O)C2CSCCC2(C)C)cc1. The van der Waals surface area contributed by atoms with Crippen LogP contribution in [0.15, 0.2) is 24.3 Å². The third-order valence-electron chi connectivity index (χ3n) is 4.12. The summed E-state index contributed by atoms with van der Waals surface area (Å²) in [6.45, 7) is 6.62. The van der Waals surface area contributed by atoms with Gasteiger partial charge in [-0.1, -0.05) is 31.5 Å². The van der Waals surface area contributed by atoms with E-state index in [1.165, 1.54) is 5.56 Å². The van der Waals surface area contributed by atoms with Gasteiger partial charge in [0.2, 0.25) is 0 Å². The van der Waals surface area contributed by atoms with E-state index < -0.39 is 5.97 Å². The number of benzene rings is 1. The smallest absolute Gasteiger partial charge is 0.323 e. The van der Waals surface area contributed by atoms with Crippen LogP contribution >= 0.6 is 11.8 Å². The molecule has 1 aromatic rings. The number of carboxylic acid groups (broad SMARTS) is 1. The second-order valence-electron chi connectivity index (χ2n) is 6.19. The fourth-order valence-electron chi connectivity index (χ4n) is 2.70. The van der Waals surface area contributed by atoms with Gasteiger partial charge in [0.15, 0.2) is 0 Å². The normalized spacial score (nSPS) is 21.4. The first-order valence-corrected chi connectivity index (χ1v) is 8.18. The topological polar surface area (TPSA) is 40.5 Å². The van der Waals surface area contributed by atoms with Crippen LogP contribution in [0.25, 0.3) is 0 Å². The van der Waals surface area contributed by atoms with Gasteiger partial charge >= 0.3 is 5.97 Å². The minimum atomic E-state index is -0.767. The molecule has 1 N–H and O–H groups in total. The summed E-state index contributed by atoms with van der Waals surface area (Å²) in [6, 6.07) is 8.43. The summed E-state index contributed by atoms with van der Waals surface area (Å²) in [7, 11) is 0. The molecule has 20 heavy (non-hydrogen) atoms. The van der Waals surface area contributed by atoms with E-state index in [-0.39, 0.29) is 18.0 Å². The van der Waals surface area contributed by atoms with Crippen LogP contribution in [0.3, 0.4) is 0 Å². The fraction of sp³-hybridized carbons (Fsp3) is 0.562. The van der Waals surface area contributed by atoms with Crippen molar-refractivity contribution < 1.29 is 9.90 Å². The molecule has 0 saturated carbocycles. The highest BCUT2D eigenvalue weighted by Gasteiger charge is 2.37. The fourth-order valence-corrected chi connectivity index (χ4v) is 4.39. The van der Waals surface area contributed by atoms with Crippen molar-refractivity contribution in [2.24, 2.45) is 5.41 Å². The van der Waals surface area contributed by atoms with Crippen LogP contribution in [0.4, 0.5) is 5.69 Å². The number of carbonyl (C=O) groups is 1. The lowest BCUT2D eigenvalue weighted by molar-refractivity contribution is -0.135. The Morgan fingerprint density at radius 3 is 2.60 bits per heavy atom. The molecule has 1 fully saturated rings. The van der Waals surface area contributed by atoms with Crippen molar-refractivity contribution in [1.82, 2.24) is 0 Å². The Morgan fingerprint density at radius 1 is 1.40 bits per heavy atom. The highest BCUT2D eigenvalue weighted by molar-refractivity contribution is 7.99. The highest BCUT2D eigenvalue weighted by Crippen LogP contribution is 2.39. The predicted octanol–water partition coefficient (Wildman–Crippen LogP) is 3.42. The first kappa shape index (κ1) is 15.2. The molecule has 1 saturated heterocycles. The monoisotopic (exact) mass is 293 g/mol. The Bertz CT molecular complexity index is 470. The molecule has 3 nitrogen and oxygen atoms in total. The molecule has 0 aliphatic carbocycles. The standard InChI is InChI=1S/C16H23NO2S/c1-12-4-6-13(7-5-12)17(10-15(18)19)14-11-20-9-8-16(14,2)3/h4-7,14H,8-11H2,1-3H3,(H,18,19). The van der Waals surface area contributed by atoms with Crippen LogP contribution in [0.2, 0.25) is 0 Å². The van der Waals surface area contributed by atoms with Crippen LogP contribution in [-0.2, 0) is 4.79 Å². The maximum Gasteiger partial charge on any atom is 0.323 e. The summed E-state index contributed by atoms with van der Waals surface area (Å²) in [5.74, 6) is 1.39. The average molecular weight is 293 g/mol. The zero-order chi connectivity index (χ0) is 14.8. The lowest BCUT2D eigenvalue weighted by atomic mass is 9.81. The van der Waals surface area contributed by atoms with Gasteiger partial charge in [-0.05, 0) is 36.6 Å². The number of anilines is 1. The van der Waals surface area contributed by atoms with Crippen LogP contribution in [0, 0.1) is 12.3 Å². The molecule has 4 heteroatoms. The molecule has 2 rings (SSSR count). The van der Waals surface area contributed by atoms with Crippen molar-refractivity contribution in [2.75, 3.05) is 23.0 Å². The molecule has 0 aromatic heterocycles. The first-order chi connectivity index (χ1) is 9.40. The van der Waals surface area contributed by atoms with Crippen molar-refractivity contribution in [3.8, 4) is 0 Å². The summed E-state index contributed by atoms with van der Waals surface area (Å²) >= 11 is 1.92. The molecule has 1 aliphatic rings. The molecule has 110 valence electrons. The summed E-state index contributed by atoms with van der Waals surface area (Å²) in [5, 5.41) is 9.25. The minimum Gasteiger partial charge on any atom is -0.480 e. The molecule has 1 atom stereocenters. The van der Waals surface area contributed by atoms with Gasteiger partial charge in [0.05, 0.1) is 0 Å². The number of nitrogens with zero attached hydrogens (tertiary/aromatic N) is 1. The van der Waals surface area contributed by atoms with E-state index in [1.807, 2.05) is 43.0 Å². The van der Waals surface area contributed by atoms with E-state index in [4.69, 9.17) is 0 Å². The van der Waals surface area contributed by atoms with E-state index in [0.717, 1.165) is 23.6 Å². The van der Waals surface area contributed by atoms with Gasteiger partial charge in [-0.2, -0.15) is 11.8 Å². The second kappa shape index (κ2) is 6.08. The number of carboxylic acids is 1. The van der Waals surface area contributed by atoms with Crippen molar-refractivity contribution in [2.45, 2.75) is 33.2 Å². The number of hydrogen-bond donors (Lipinski definition) is 1. The Morgan fingerprint density at radius 2 is 2.05 bits per heavy atom. The third kappa shape index (κ3) is 3.48. The maximum absolute atomic E-state index is 11.3. The van der Waals surface area contributed by atoms with Crippen molar-refractivity contribution in [1.29, 1.82) is 0 Å². The summed E-state index contributed by atoms with van der Waals surface area (Å²) in [5.41, 5.74) is 2.35. The Kier molecular flexibility index (Phi) is 4.63. The van der Waals surface area contributed by atoms with Gasteiger partial charge in [0, 0.05) is 17.5 Å². The van der Waals surface area contributed by atoms with E-state index >= 15 is 0 Å². The molecule has 1 aliphatic heterocycles. The van der Waals surface area contributed by atoms with Gasteiger partial charge in [-0.15, -0.1) is 0 Å². The minimum absolute atomic E-state index is 0.0672. The molecule has 1 aromatic carbocycles. The Balaban J connectivity index is 2.31. The van der Waals surface area contributed by atoms with E-state index in [0.29, 0.717) is 0 Å². The lowest BCUT2D eigenvalue weighted by Crippen LogP contribution is -2.51. The van der Waals surface area contributed by atoms with Crippen molar-refractivity contribution >= 4 is 23.4 Å². The Hall–Kier alpha value is -1.16. The molecule has 0 spiro atoms. The van der Waals surface area contributed by atoms with Crippen LogP contribution in [0.1, 0.15) is 25.8 Å². The summed E-state index contributed by atoms with van der Waals surface area (Å²) < 4.78 is 0. The zero-order valence-electron chi connectivity index (χ0n) is 12.4. The molecule has 0 bridgehead atoms. The molecular weight excluding hydrogens is 270 g/mol. The number of hydrogen-bond acceptors (Lipinski definition) is 3. The quantitative estimate of drug-likeness (QED) is 0.923. The molecule has 0 amide bonds. The van der Waals surface area contributed by atoms with Gasteiger partial charge in [0.25, 0.3) is 0 Å². The van der Waals surface area contributed by atoms with Crippen LogP contribution in [0.5, 0.6) is 0 Å². The predicted molar refractivity (Wildman–Crippen MR) is 85.7 cm³/mol. The zero-order valence-corrected chi connectivity index (χ0v) is 13.2. The second-order valence-corrected chi connectivity index (χ2v) is 7.34. The number of thioether (sulfide) groups is 1. The summed E-state index contributed by atoms with van der Waals surface area (Å²) in [6.07, 6.45) is 1.13. The largest absolute Gasteiger partial charge is 0.480 e. The molecule has 0 radical (unpaired) electrons. The molecule has 1 unspecified atom stereocenters. The Labute approximate surface area is 125 Å². The van der Waals surface area contributed by atoms with Gasteiger partial charge in [-0.25, -0.2) is 0 Å². The lowest BCUT2D eigenvalue weighted by Gasteiger charge is -2.45. The summed E-state index contributed by atoms with van der Waals surface area (Å²) in [4.78, 5) is 13.3. The number of aryl methyl sites for hydroxylation is 1. The van der Waals surface area contributed by atoms with Crippen molar-refractivity contribution in [3.05, 3.63) is 29.8 Å². The van der Waals surface area contributed by atoms with E-state index in [1.54, 1.807) is 0 Å². The molecular formula is C16H23NO2S. The van der Waals surface area contributed by atoms with Crippen LogP contribution < -0.4 is 4.90 Å². The average Bonchev–Trinajstić information content (AvgIpc) is 2.37. The van der Waals surface area contributed by atoms with Gasteiger partial charge in [-0.3, -0.25) is 4.79 Å². The van der Waals surface area contributed by atoms with Crippen molar-refractivity contribution in [3.63, 3.8) is 0 Å². The number of aliphatic carboxylic acids is 1. The van der Waals surface area contributed by atoms with Gasteiger partial charge in [0.1, 0.15) is 6.54 Å². The highest BCUT2D eigenvalue weighted by atomic mass is 32.2.